The molecule has 0 saturated carbocycles. The van der Waals surface area contributed by atoms with Crippen LogP contribution in [-0.4, -0.2) is 20.1 Å². The van der Waals surface area contributed by atoms with E-state index in [0.717, 1.165) is 24.7 Å². The van der Waals surface area contributed by atoms with E-state index in [1.165, 1.54) is 24.1 Å². The number of nitrogens with one attached hydrogen (secondary N) is 1. The molecule has 1 aromatic rings. The van der Waals surface area contributed by atoms with Crippen molar-refractivity contribution in [1.29, 1.82) is 0 Å². The third-order valence-electron chi connectivity index (χ3n) is 3.87. The van der Waals surface area contributed by atoms with E-state index in [-0.39, 0.29) is 0 Å². The highest BCUT2D eigenvalue weighted by Crippen LogP contribution is 2.34. The first-order valence-corrected chi connectivity index (χ1v) is 7.08. The molecule has 100 valence electrons. The molecule has 2 nitrogen and oxygen atoms in total. The van der Waals surface area contributed by atoms with Crippen molar-refractivity contribution in [2.24, 2.45) is 5.41 Å². The summed E-state index contributed by atoms with van der Waals surface area (Å²) in [4.78, 5) is 2.48. The number of rotatable bonds is 3. The van der Waals surface area contributed by atoms with Crippen LogP contribution in [0.25, 0.3) is 0 Å². The van der Waals surface area contributed by atoms with Crippen molar-refractivity contribution < 1.29 is 0 Å². The third kappa shape index (κ3) is 3.18. The Morgan fingerprint density at radius 1 is 1.28 bits per heavy atom. The van der Waals surface area contributed by atoms with Crippen molar-refractivity contribution >= 4 is 17.3 Å². The summed E-state index contributed by atoms with van der Waals surface area (Å²) in [7, 11) is 1.98. The molecule has 18 heavy (non-hydrogen) atoms. The number of halogens is 1. The monoisotopic (exact) mass is 266 g/mol. The Morgan fingerprint density at radius 2 is 1.94 bits per heavy atom. The van der Waals surface area contributed by atoms with Crippen LogP contribution in [0.3, 0.4) is 0 Å². The van der Waals surface area contributed by atoms with Crippen molar-refractivity contribution in [3.63, 3.8) is 0 Å². The van der Waals surface area contributed by atoms with Gasteiger partial charge < -0.3 is 10.2 Å². The van der Waals surface area contributed by atoms with Gasteiger partial charge in [-0.2, -0.15) is 0 Å². The van der Waals surface area contributed by atoms with Gasteiger partial charge in [0.1, 0.15) is 0 Å². The minimum atomic E-state index is 0.484. The fourth-order valence-electron chi connectivity index (χ4n) is 2.52. The summed E-state index contributed by atoms with van der Waals surface area (Å²) in [6, 6.07) is 6.21. The minimum Gasteiger partial charge on any atom is -0.371 e. The molecule has 0 bridgehead atoms. The van der Waals surface area contributed by atoms with E-state index in [2.05, 4.69) is 36.2 Å². The van der Waals surface area contributed by atoms with Gasteiger partial charge in [0.2, 0.25) is 0 Å². The standard InChI is InChI=1S/C15H23ClN2/c1-15(2)6-8-18(9-7-15)14-10-13(16)5-4-12(14)11-17-3/h4-5,10,17H,6-9,11H2,1-3H3. The summed E-state index contributed by atoms with van der Waals surface area (Å²) in [5, 5.41) is 4.06. The number of hydrogen-bond acceptors (Lipinski definition) is 2. The van der Waals surface area contributed by atoms with Crippen molar-refractivity contribution in [3.8, 4) is 0 Å². The molecule has 0 spiro atoms. The van der Waals surface area contributed by atoms with Crippen LogP contribution in [0.2, 0.25) is 5.02 Å². The molecule has 1 N–H and O–H groups in total. The van der Waals surface area contributed by atoms with Crippen LogP contribution >= 0.6 is 11.6 Å². The lowest BCUT2D eigenvalue weighted by atomic mass is 9.82. The minimum absolute atomic E-state index is 0.484. The highest BCUT2D eigenvalue weighted by molar-refractivity contribution is 6.30. The second-order valence-corrected chi connectivity index (χ2v) is 6.39. The topological polar surface area (TPSA) is 15.3 Å². The first-order valence-electron chi connectivity index (χ1n) is 6.70. The zero-order chi connectivity index (χ0) is 13.2. The van der Waals surface area contributed by atoms with Crippen molar-refractivity contribution in [3.05, 3.63) is 28.8 Å². The summed E-state index contributed by atoms with van der Waals surface area (Å²) >= 11 is 6.15. The van der Waals surface area contributed by atoms with E-state index in [4.69, 9.17) is 11.6 Å². The zero-order valence-corrected chi connectivity index (χ0v) is 12.3. The molecule has 1 saturated heterocycles. The Kier molecular flexibility index (Phi) is 4.18. The smallest absolute Gasteiger partial charge is 0.0426 e. The first-order chi connectivity index (χ1) is 8.52. The molecule has 2 rings (SSSR count). The number of piperidine rings is 1. The molecule has 0 aliphatic carbocycles. The van der Waals surface area contributed by atoms with Crippen LogP contribution in [0, 0.1) is 5.41 Å². The molecule has 0 aromatic heterocycles. The van der Waals surface area contributed by atoms with Gasteiger partial charge in [-0.25, -0.2) is 0 Å². The van der Waals surface area contributed by atoms with Gasteiger partial charge >= 0.3 is 0 Å². The van der Waals surface area contributed by atoms with Crippen LogP contribution in [0.4, 0.5) is 5.69 Å². The highest BCUT2D eigenvalue weighted by atomic mass is 35.5. The lowest BCUT2D eigenvalue weighted by Gasteiger charge is -2.39. The van der Waals surface area contributed by atoms with E-state index in [1.54, 1.807) is 0 Å². The van der Waals surface area contributed by atoms with Crippen LogP contribution in [0.1, 0.15) is 32.3 Å². The molecule has 1 aliphatic heterocycles. The van der Waals surface area contributed by atoms with Crippen molar-refractivity contribution in [2.75, 3.05) is 25.0 Å². The predicted molar refractivity (Wildman–Crippen MR) is 79.4 cm³/mol. The fourth-order valence-corrected chi connectivity index (χ4v) is 2.69. The average Bonchev–Trinajstić information content (AvgIpc) is 2.32. The summed E-state index contributed by atoms with van der Waals surface area (Å²) in [5.74, 6) is 0. The maximum Gasteiger partial charge on any atom is 0.0426 e. The second kappa shape index (κ2) is 5.50. The predicted octanol–water partition coefficient (Wildman–Crippen LogP) is 3.69. The van der Waals surface area contributed by atoms with Gasteiger partial charge in [0.15, 0.2) is 0 Å². The maximum absolute atomic E-state index is 6.15. The molecule has 1 fully saturated rings. The SMILES string of the molecule is CNCc1ccc(Cl)cc1N1CCC(C)(C)CC1. The number of hydrogen-bond donors (Lipinski definition) is 1. The van der Waals surface area contributed by atoms with Crippen LogP contribution < -0.4 is 10.2 Å². The van der Waals surface area contributed by atoms with E-state index < -0.39 is 0 Å². The first kappa shape index (κ1) is 13.7. The summed E-state index contributed by atoms with van der Waals surface area (Å²) < 4.78 is 0. The average molecular weight is 267 g/mol. The lowest BCUT2D eigenvalue weighted by Crippen LogP contribution is -2.38. The molecule has 1 aromatic carbocycles. The Morgan fingerprint density at radius 3 is 2.56 bits per heavy atom. The Balaban J connectivity index is 2.19. The van der Waals surface area contributed by atoms with Gasteiger partial charge in [0.05, 0.1) is 0 Å². The number of anilines is 1. The molecular weight excluding hydrogens is 244 g/mol. The van der Waals surface area contributed by atoms with E-state index in [0.29, 0.717) is 5.41 Å². The van der Waals surface area contributed by atoms with Gasteiger partial charge in [-0.1, -0.05) is 31.5 Å². The van der Waals surface area contributed by atoms with Gasteiger partial charge in [0, 0.05) is 30.3 Å². The number of nitrogens with zero attached hydrogens (tertiary/aromatic N) is 1. The van der Waals surface area contributed by atoms with Gasteiger partial charge in [0.25, 0.3) is 0 Å². The highest BCUT2D eigenvalue weighted by Gasteiger charge is 2.26. The van der Waals surface area contributed by atoms with Gasteiger partial charge in [-0.3, -0.25) is 0 Å². The molecule has 1 heterocycles. The maximum atomic E-state index is 6.15. The van der Waals surface area contributed by atoms with Crippen LogP contribution in [0.5, 0.6) is 0 Å². The van der Waals surface area contributed by atoms with E-state index in [9.17, 15) is 0 Å². The molecule has 1 aliphatic rings. The normalized spacial score (nSPS) is 19.0. The number of benzene rings is 1. The molecule has 0 amide bonds. The van der Waals surface area contributed by atoms with Crippen LogP contribution in [0.15, 0.2) is 18.2 Å². The van der Waals surface area contributed by atoms with Gasteiger partial charge in [-0.05, 0) is 43.0 Å². The third-order valence-corrected chi connectivity index (χ3v) is 4.11. The molecule has 0 atom stereocenters. The van der Waals surface area contributed by atoms with E-state index in [1.807, 2.05) is 13.1 Å². The Bertz CT molecular complexity index is 405. The van der Waals surface area contributed by atoms with Crippen molar-refractivity contribution in [2.45, 2.75) is 33.2 Å². The lowest BCUT2D eigenvalue weighted by molar-refractivity contribution is 0.279. The molecule has 3 heteroatoms. The zero-order valence-electron chi connectivity index (χ0n) is 11.6. The van der Waals surface area contributed by atoms with Crippen molar-refractivity contribution in [1.82, 2.24) is 5.32 Å². The Hall–Kier alpha value is -0.730. The second-order valence-electron chi connectivity index (χ2n) is 5.95. The Labute approximate surface area is 115 Å². The van der Waals surface area contributed by atoms with Crippen LogP contribution in [-0.2, 0) is 6.54 Å². The van der Waals surface area contributed by atoms with E-state index >= 15 is 0 Å². The largest absolute Gasteiger partial charge is 0.371 e. The summed E-state index contributed by atoms with van der Waals surface area (Å²) in [6.45, 7) is 7.87. The quantitative estimate of drug-likeness (QED) is 0.898. The summed E-state index contributed by atoms with van der Waals surface area (Å²) in [6.07, 6.45) is 2.50. The summed E-state index contributed by atoms with van der Waals surface area (Å²) in [5.41, 5.74) is 3.12. The molecule has 0 unspecified atom stereocenters. The molecular formula is C15H23ClN2. The molecule has 0 radical (unpaired) electrons. The fraction of sp³-hybridized carbons (Fsp3) is 0.600. The van der Waals surface area contributed by atoms with Gasteiger partial charge in [-0.15, -0.1) is 0 Å².